The SMILES string of the molecule is C=C/C=C(C=C)/N=C/C=C/NC1=CCCC=C1. The highest BCUT2D eigenvalue weighted by Gasteiger charge is 1.92. The Kier molecular flexibility index (Phi) is 6.19. The third-order valence-electron chi connectivity index (χ3n) is 2.15. The molecule has 0 fully saturated rings. The van der Waals surface area contributed by atoms with Crippen molar-refractivity contribution in [2.24, 2.45) is 4.99 Å². The molecule has 1 N–H and O–H groups in total. The lowest BCUT2D eigenvalue weighted by atomic mass is 10.1. The molecule has 0 spiro atoms. The van der Waals surface area contributed by atoms with Crippen molar-refractivity contribution in [1.29, 1.82) is 0 Å². The predicted octanol–water partition coefficient (Wildman–Crippen LogP) is 3.65. The van der Waals surface area contributed by atoms with Gasteiger partial charge in [-0.2, -0.15) is 0 Å². The molecule has 1 aliphatic rings. The Labute approximate surface area is 103 Å². The molecule has 0 unspecified atom stereocenters. The smallest absolute Gasteiger partial charge is 0.0623 e. The van der Waals surface area contributed by atoms with E-state index in [0.29, 0.717) is 0 Å². The second kappa shape index (κ2) is 8.11. The van der Waals surface area contributed by atoms with Gasteiger partial charge in [-0.25, -0.2) is 0 Å². The van der Waals surface area contributed by atoms with E-state index in [9.17, 15) is 0 Å². The third kappa shape index (κ3) is 5.52. The van der Waals surface area contributed by atoms with Crippen molar-refractivity contribution in [3.05, 3.63) is 73.3 Å². The van der Waals surface area contributed by atoms with Gasteiger partial charge in [-0.3, -0.25) is 4.99 Å². The quantitative estimate of drug-likeness (QED) is 0.542. The first-order chi connectivity index (χ1) is 8.36. The summed E-state index contributed by atoms with van der Waals surface area (Å²) in [5.74, 6) is 0. The first kappa shape index (κ1) is 13.0. The van der Waals surface area contributed by atoms with Gasteiger partial charge in [0, 0.05) is 18.1 Å². The number of allylic oxidation sites excluding steroid dienone is 7. The van der Waals surface area contributed by atoms with Crippen LogP contribution in [0.4, 0.5) is 0 Å². The van der Waals surface area contributed by atoms with Crippen molar-refractivity contribution < 1.29 is 0 Å². The van der Waals surface area contributed by atoms with Gasteiger partial charge in [0.25, 0.3) is 0 Å². The first-order valence-corrected chi connectivity index (χ1v) is 5.64. The van der Waals surface area contributed by atoms with Crippen molar-refractivity contribution >= 4 is 6.21 Å². The number of rotatable bonds is 6. The molecular weight excluding hydrogens is 208 g/mol. The fraction of sp³-hybridized carbons (Fsp3) is 0.133. The van der Waals surface area contributed by atoms with Gasteiger partial charge < -0.3 is 5.32 Å². The van der Waals surface area contributed by atoms with Crippen molar-refractivity contribution in [3.63, 3.8) is 0 Å². The van der Waals surface area contributed by atoms with Crippen LogP contribution in [0, 0.1) is 0 Å². The van der Waals surface area contributed by atoms with Gasteiger partial charge >= 0.3 is 0 Å². The zero-order valence-corrected chi connectivity index (χ0v) is 9.97. The number of hydrogen-bond acceptors (Lipinski definition) is 2. The van der Waals surface area contributed by atoms with E-state index < -0.39 is 0 Å². The summed E-state index contributed by atoms with van der Waals surface area (Å²) in [5.41, 5.74) is 1.92. The lowest BCUT2D eigenvalue weighted by Gasteiger charge is -2.04. The monoisotopic (exact) mass is 226 g/mol. The van der Waals surface area contributed by atoms with E-state index >= 15 is 0 Å². The Morgan fingerprint density at radius 1 is 1.35 bits per heavy atom. The van der Waals surface area contributed by atoms with Crippen LogP contribution in [-0.4, -0.2) is 6.21 Å². The highest BCUT2D eigenvalue weighted by atomic mass is 14.8. The molecule has 88 valence electrons. The maximum Gasteiger partial charge on any atom is 0.0623 e. The van der Waals surface area contributed by atoms with Crippen molar-refractivity contribution in [2.75, 3.05) is 0 Å². The van der Waals surface area contributed by atoms with Crippen molar-refractivity contribution in [2.45, 2.75) is 12.8 Å². The average molecular weight is 226 g/mol. The largest absolute Gasteiger partial charge is 0.362 e. The maximum atomic E-state index is 4.20. The minimum atomic E-state index is 0.793. The molecule has 2 heteroatoms. The van der Waals surface area contributed by atoms with Gasteiger partial charge in [-0.05, 0) is 37.1 Å². The molecule has 2 nitrogen and oxygen atoms in total. The lowest BCUT2D eigenvalue weighted by molar-refractivity contribution is 0.969. The van der Waals surface area contributed by atoms with Crippen molar-refractivity contribution in [3.8, 4) is 0 Å². The van der Waals surface area contributed by atoms with Crippen LogP contribution in [0.2, 0.25) is 0 Å². The van der Waals surface area contributed by atoms with Gasteiger partial charge in [-0.15, -0.1) is 0 Å². The van der Waals surface area contributed by atoms with E-state index in [4.69, 9.17) is 0 Å². The standard InChI is InChI=1S/C15H18N2/c1-3-9-14(4-2)16-12-8-13-17-15-10-6-5-7-11-15/h3-4,6,8-13,17H,1-2,5,7H2/b13-8+,14-9+,16-12+. The summed E-state index contributed by atoms with van der Waals surface area (Å²) in [7, 11) is 0. The minimum absolute atomic E-state index is 0.793. The predicted molar refractivity (Wildman–Crippen MR) is 75.7 cm³/mol. The third-order valence-corrected chi connectivity index (χ3v) is 2.15. The Hall–Kier alpha value is -2.09. The summed E-state index contributed by atoms with van der Waals surface area (Å²) in [6, 6.07) is 0. The fourth-order valence-corrected chi connectivity index (χ4v) is 1.32. The summed E-state index contributed by atoms with van der Waals surface area (Å²) < 4.78 is 0. The van der Waals surface area contributed by atoms with Crippen LogP contribution in [0.25, 0.3) is 0 Å². The summed E-state index contributed by atoms with van der Waals surface area (Å²) >= 11 is 0. The molecule has 1 rings (SSSR count). The van der Waals surface area contributed by atoms with E-state index in [1.807, 2.05) is 12.3 Å². The molecule has 0 atom stereocenters. The highest BCUT2D eigenvalue weighted by Crippen LogP contribution is 2.06. The van der Waals surface area contributed by atoms with Crippen molar-refractivity contribution in [1.82, 2.24) is 5.32 Å². The maximum absolute atomic E-state index is 4.20. The number of aliphatic imine (C=N–C) groups is 1. The normalized spacial score (nSPS) is 16.2. The summed E-state index contributed by atoms with van der Waals surface area (Å²) in [4.78, 5) is 4.20. The number of hydrogen-bond donors (Lipinski definition) is 1. The van der Waals surface area contributed by atoms with Gasteiger partial charge in [-0.1, -0.05) is 31.4 Å². The van der Waals surface area contributed by atoms with Crippen LogP contribution in [0.1, 0.15) is 12.8 Å². The number of nitrogens with one attached hydrogen (secondary N) is 1. The van der Waals surface area contributed by atoms with Crippen LogP contribution >= 0.6 is 0 Å². The Morgan fingerprint density at radius 3 is 2.88 bits per heavy atom. The van der Waals surface area contributed by atoms with E-state index in [1.54, 1.807) is 24.4 Å². The van der Waals surface area contributed by atoms with Gasteiger partial charge in [0.2, 0.25) is 0 Å². The first-order valence-electron chi connectivity index (χ1n) is 5.64. The van der Waals surface area contributed by atoms with Crippen LogP contribution in [0.5, 0.6) is 0 Å². The van der Waals surface area contributed by atoms with E-state index in [2.05, 4.69) is 41.7 Å². The fourth-order valence-electron chi connectivity index (χ4n) is 1.32. The molecule has 0 radical (unpaired) electrons. The molecule has 0 heterocycles. The Morgan fingerprint density at radius 2 is 2.24 bits per heavy atom. The van der Waals surface area contributed by atoms with E-state index in [-0.39, 0.29) is 0 Å². The zero-order chi connectivity index (χ0) is 12.3. The summed E-state index contributed by atoms with van der Waals surface area (Å²) in [6.07, 6.45) is 19.3. The molecule has 17 heavy (non-hydrogen) atoms. The molecule has 0 bridgehead atoms. The summed E-state index contributed by atoms with van der Waals surface area (Å²) in [6.45, 7) is 7.27. The molecule has 0 saturated carbocycles. The van der Waals surface area contributed by atoms with Gasteiger partial charge in [0.05, 0.1) is 5.70 Å². The molecule has 0 aliphatic heterocycles. The topological polar surface area (TPSA) is 24.4 Å². The zero-order valence-electron chi connectivity index (χ0n) is 9.97. The lowest BCUT2D eigenvalue weighted by Crippen LogP contribution is -2.03. The minimum Gasteiger partial charge on any atom is -0.362 e. The van der Waals surface area contributed by atoms with Crippen LogP contribution < -0.4 is 5.32 Å². The molecule has 0 aromatic carbocycles. The Balaban J connectivity index is 2.39. The van der Waals surface area contributed by atoms with E-state index in [0.717, 1.165) is 24.2 Å². The van der Waals surface area contributed by atoms with Crippen LogP contribution in [0.15, 0.2) is 78.3 Å². The highest BCUT2D eigenvalue weighted by molar-refractivity contribution is 5.72. The number of nitrogens with zero attached hydrogens (tertiary/aromatic N) is 1. The molecule has 0 aromatic heterocycles. The van der Waals surface area contributed by atoms with Gasteiger partial charge in [0.1, 0.15) is 0 Å². The summed E-state index contributed by atoms with van der Waals surface area (Å²) in [5, 5.41) is 3.18. The van der Waals surface area contributed by atoms with E-state index in [1.165, 1.54) is 0 Å². The molecule has 0 saturated heterocycles. The molecular formula is C15H18N2. The van der Waals surface area contributed by atoms with Crippen LogP contribution in [-0.2, 0) is 0 Å². The van der Waals surface area contributed by atoms with Crippen LogP contribution in [0.3, 0.4) is 0 Å². The second-order valence-electron chi connectivity index (χ2n) is 3.45. The molecule has 1 aliphatic carbocycles. The average Bonchev–Trinajstić information content (AvgIpc) is 2.38. The molecule has 0 amide bonds. The Bertz CT molecular complexity index is 407. The van der Waals surface area contributed by atoms with Gasteiger partial charge in [0.15, 0.2) is 0 Å². The molecule has 0 aromatic rings. The second-order valence-corrected chi connectivity index (χ2v) is 3.45.